The first-order chi connectivity index (χ1) is 11.5. The number of benzene rings is 1. The minimum absolute atomic E-state index is 0.0811. The molecule has 1 aromatic rings. The molecule has 0 aromatic heterocycles. The second-order valence-corrected chi connectivity index (χ2v) is 7.47. The Bertz CT molecular complexity index is 594. The van der Waals surface area contributed by atoms with Crippen molar-refractivity contribution in [1.29, 1.82) is 0 Å². The summed E-state index contributed by atoms with van der Waals surface area (Å²) in [7, 11) is 1.65. The van der Waals surface area contributed by atoms with Crippen LogP contribution in [0.1, 0.15) is 64.0 Å². The average Bonchev–Trinajstić information content (AvgIpc) is 2.54. The van der Waals surface area contributed by atoms with Crippen LogP contribution in [0.4, 0.5) is 4.79 Å². The quantitative estimate of drug-likeness (QED) is 0.882. The van der Waals surface area contributed by atoms with Gasteiger partial charge in [0.2, 0.25) is 0 Å². The van der Waals surface area contributed by atoms with Crippen LogP contribution < -0.4 is 20.1 Å². The third-order valence-electron chi connectivity index (χ3n) is 4.92. The highest BCUT2D eigenvalue weighted by molar-refractivity contribution is 5.75. The maximum absolute atomic E-state index is 12.5. The third kappa shape index (κ3) is 3.94. The fourth-order valence-electron chi connectivity index (χ4n) is 3.72. The van der Waals surface area contributed by atoms with Crippen molar-refractivity contribution >= 4 is 6.03 Å². The van der Waals surface area contributed by atoms with Crippen molar-refractivity contribution in [3.8, 4) is 11.5 Å². The number of nitrogens with one attached hydrogen (secondary N) is 2. The second-order valence-electron chi connectivity index (χ2n) is 7.47. The summed E-state index contributed by atoms with van der Waals surface area (Å²) in [6.07, 6.45) is 6.57. The van der Waals surface area contributed by atoms with Crippen molar-refractivity contribution in [1.82, 2.24) is 10.6 Å². The second kappa shape index (κ2) is 6.91. The highest BCUT2D eigenvalue weighted by atomic mass is 16.5. The number of carbonyl (C=O) groups is 1. The molecule has 1 unspecified atom stereocenters. The lowest BCUT2D eigenvalue weighted by Gasteiger charge is -2.38. The summed E-state index contributed by atoms with van der Waals surface area (Å²) in [6.45, 7) is 4.10. The molecular weight excluding hydrogens is 304 g/mol. The topological polar surface area (TPSA) is 59.6 Å². The normalized spacial score (nSPS) is 22.9. The van der Waals surface area contributed by atoms with Crippen molar-refractivity contribution in [2.24, 2.45) is 0 Å². The van der Waals surface area contributed by atoms with Crippen LogP contribution in [-0.2, 0) is 0 Å². The number of methoxy groups -OCH3 is 1. The van der Waals surface area contributed by atoms with E-state index in [1.165, 1.54) is 19.3 Å². The maximum Gasteiger partial charge on any atom is 0.315 e. The molecule has 132 valence electrons. The number of urea groups is 1. The van der Waals surface area contributed by atoms with Gasteiger partial charge in [0.1, 0.15) is 17.1 Å². The van der Waals surface area contributed by atoms with E-state index in [9.17, 15) is 4.79 Å². The Morgan fingerprint density at radius 3 is 2.67 bits per heavy atom. The summed E-state index contributed by atoms with van der Waals surface area (Å²) < 4.78 is 11.4. The number of rotatable bonds is 3. The molecule has 0 radical (unpaired) electrons. The number of ether oxygens (including phenoxy) is 2. The third-order valence-corrected chi connectivity index (χ3v) is 4.92. The lowest BCUT2D eigenvalue weighted by atomic mass is 9.89. The summed E-state index contributed by atoms with van der Waals surface area (Å²) in [4.78, 5) is 12.5. The molecule has 1 aliphatic heterocycles. The Morgan fingerprint density at radius 1 is 1.21 bits per heavy atom. The lowest BCUT2D eigenvalue weighted by molar-refractivity contribution is 0.0675. The zero-order valence-electron chi connectivity index (χ0n) is 14.9. The summed E-state index contributed by atoms with van der Waals surface area (Å²) in [5.74, 6) is 1.59. The minimum Gasteiger partial charge on any atom is -0.497 e. The molecule has 24 heavy (non-hydrogen) atoms. The highest BCUT2D eigenvalue weighted by Gasteiger charge is 2.35. The van der Waals surface area contributed by atoms with Gasteiger partial charge >= 0.3 is 6.03 Å². The monoisotopic (exact) mass is 332 g/mol. The van der Waals surface area contributed by atoms with E-state index >= 15 is 0 Å². The van der Waals surface area contributed by atoms with Gasteiger partial charge in [-0.1, -0.05) is 19.3 Å². The first-order valence-corrected chi connectivity index (χ1v) is 8.91. The van der Waals surface area contributed by atoms with Crippen LogP contribution in [0.5, 0.6) is 11.5 Å². The van der Waals surface area contributed by atoms with Crippen LogP contribution in [0.3, 0.4) is 0 Å². The molecule has 1 aromatic carbocycles. The molecule has 5 nitrogen and oxygen atoms in total. The van der Waals surface area contributed by atoms with E-state index in [1.807, 2.05) is 32.0 Å². The molecule has 0 saturated heterocycles. The van der Waals surface area contributed by atoms with Crippen LogP contribution in [0.2, 0.25) is 0 Å². The van der Waals surface area contributed by atoms with E-state index in [4.69, 9.17) is 9.47 Å². The molecule has 1 saturated carbocycles. The van der Waals surface area contributed by atoms with E-state index in [0.29, 0.717) is 6.04 Å². The van der Waals surface area contributed by atoms with Crippen LogP contribution in [0, 0.1) is 0 Å². The molecule has 1 heterocycles. The van der Waals surface area contributed by atoms with E-state index in [0.717, 1.165) is 36.3 Å². The van der Waals surface area contributed by atoms with Gasteiger partial charge in [0, 0.05) is 18.0 Å². The van der Waals surface area contributed by atoms with E-state index < -0.39 is 0 Å². The predicted octanol–water partition coefficient (Wildman–Crippen LogP) is 3.93. The van der Waals surface area contributed by atoms with Crippen LogP contribution >= 0.6 is 0 Å². The Balaban J connectivity index is 1.73. The molecule has 1 atom stereocenters. The van der Waals surface area contributed by atoms with Crippen molar-refractivity contribution < 1.29 is 14.3 Å². The van der Waals surface area contributed by atoms with Crippen molar-refractivity contribution in [3.63, 3.8) is 0 Å². The standard InChI is InChI=1S/C19H28N2O3/c1-19(2)12-16(15-11-14(23-3)9-10-17(15)24-19)21-18(22)20-13-7-5-4-6-8-13/h9-11,13,16H,4-8,12H2,1-3H3,(H2,20,21,22). The van der Waals surface area contributed by atoms with Crippen molar-refractivity contribution in [3.05, 3.63) is 23.8 Å². The molecule has 3 rings (SSSR count). The molecule has 0 bridgehead atoms. The molecule has 1 fully saturated rings. The van der Waals surface area contributed by atoms with Crippen LogP contribution in [-0.4, -0.2) is 24.8 Å². The van der Waals surface area contributed by atoms with Crippen LogP contribution in [0.25, 0.3) is 0 Å². The van der Waals surface area contributed by atoms with Gasteiger partial charge in [0.25, 0.3) is 0 Å². The fraction of sp³-hybridized carbons (Fsp3) is 0.632. The molecule has 2 aliphatic rings. The summed E-state index contributed by atoms with van der Waals surface area (Å²) in [5.41, 5.74) is 0.664. The Labute approximate surface area is 144 Å². The van der Waals surface area contributed by atoms with Crippen LogP contribution in [0.15, 0.2) is 18.2 Å². The van der Waals surface area contributed by atoms with Crippen molar-refractivity contribution in [2.45, 2.75) is 70.1 Å². The van der Waals surface area contributed by atoms with E-state index in [-0.39, 0.29) is 17.7 Å². The van der Waals surface area contributed by atoms with Gasteiger partial charge in [-0.05, 0) is 44.9 Å². The van der Waals surface area contributed by atoms with Gasteiger partial charge in [-0.25, -0.2) is 4.79 Å². The fourth-order valence-corrected chi connectivity index (χ4v) is 3.72. The zero-order chi connectivity index (χ0) is 17.2. The first-order valence-electron chi connectivity index (χ1n) is 8.91. The van der Waals surface area contributed by atoms with Gasteiger partial charge in [0.15, 0.2) is 0 Å². The predicted molar refractivity (Wildman–Crippen MR) is 93.6 cm³/mol. The lowest BCUT2D eigenvalue weighted by Crippen LogP contribution is -2.47. The molecular formula is C19H28N2O3. The first kappa shape index (κ1) is 16.9. The van der Waals surface area contributed by atoms with Gasteiger partial charge in [0.05, 0.1) is 13.2 Å². The van der Waals surface area contributed by atoms with Gasteiger partial charge in [-0.3, -0.25) is 0 Å². The SMILES string of the molecule is COc1ccc2c(c1)C(NC(=O)NC1CCCCC1)CC(C)(C)O2. The molecule has 5 heteroatoms. The summed E-state index contributed by atoms with van der Waals surface area (Å²) in [5, 5.41) is 6.27. The average molecular weight is 332 g/mol. The summed E-state index contributed by atoms with van der Waals surface area (Å²) in [6, 6.07) is 5.90. The largest absolute Gasteiger partial charge is 0.497 e. The van der Waals surface area contributed by atoms with Gasteiger partial charge < -0.3 is 20.1 Å². The van der Waals surface area contributed by atoms with Gasteiger partial charge in [-0.15, -0.1) is 0 Å². The molecule has 2 N–H and O–H groups in total. The number of hydrogen-bond acceptors (Lipinski definition) is 3. The van der Waals surface area contributed by atoms with Crippen molar-refractivity contribution in [2.75, 3.05) is 7.11 Å². The Kier molecular flexibility index (Phi) is 4.88. The number of amides is 2. The summed E-state index contributed by atoms with van der Waals surface area (Å²) >= 11 is 0. The van der Waals surface area contributed by atoms with E-state index in [2.05, 4.69) is 10.6 Å². The molecule has 0 spiro atoms. The highest BCUT2D eigenvalue weighted by Crippen LogP contribution is 2.41. The van der Waals surface area contributed by atoms with E-state index in [1.54, 1.807) is 7.11 Å². The number of fused-ring (bicyclic) bond motifs is 1. The molecule has 2 amide bonds. The number of hydrogen-bond donors (Lipinski definition) is 2. The van der Waals surface area contributed by atoms with Gasteiger partial charge in [-0.2, -0.15) is 0 Å². The molecule has 1 aliphatic carbocycles. The minimum atomic E-state index is -0.315. The smallest absolute Gasteiger partial charge is 0.315 e. The number of carbonyl (C=O) groups excluding carboxylic acids is 1. The zero-order valence-corrected chi connectivity index (χ0v) is 14.9. The maximum atomic E-state index is 12.5. The Morgan fingerprint density at radius 2 is 1.96 bits per heavy atom. The Hall–Kier alpha value is -1.91.